The lowest BCUT2D eigenvalue weighted by Gasteiger charge is -2.05. The number of nitrogens with one attached hydrogen (secondary N) is 2. The molecular weight excluding hydrogens is 347 g/mol. The van der Waals surface area contributed by atoms with Crippen LogP contribution in [0.4, 0.5) is 10.2 Å². The molecule has 0 bridgehead atoms. The highest BCUT2D eigenvalue weighted by atomic mass is 19.1. The maximum atomic E-state index is 13.3. The monoisotopic (exact) mass is 366 g/mol. The van der Waals surface area contributed by atoms with Crippen LogP contribution in [0.1, 0.15) is 31.4 Å². The molecule has 0 saturated heterocycles. The van der Waals surface area contributed by atoms with Crippen molar-refractivity contribution in [1.29, 1.82) is 0 Å². The Kier molecular flexibility index (Phi) is 4.53. The molecule has 0 fully saturated rings. The molecule has 0 aliphatic heterocycles. The van der Waals surface area contributed by atoms with Gasteiger partial charge in [-0.25, -0.2) is 14.4 Å². The number of fused-ring (bicyclic) bond motifs is 1. The summed E-state index contributed by atoms with van der Waals surface area (Å²) in [4.78, 5) is 16.3. The van der Waals surface area contributed by atoms with Crippen LogP contribution >= 0.6 is 0 Å². The number of aromatic nitrogens is 5. The first-order valence-electron chi connectivity index (χ1n) is 8.76. The average Bonchev–Trinajstić information content (AvgIpc) is 3.28. The number of anilines is 1. The molecule has 0 spiro atoms. The summed E-state index contributed by atoms with van der Waals surface area (Å²) in [6, 6.07) is 8.21. The number of nitrogens with zero attached hydrogens (tertiary/aromatic N) is 4. The topological polar surface area (TPSA) is 92.5 Å². The summed E-state index contributed by atoms with van der Waals surface area (Å²) in [5, 5.41) is 7.24. The molecule has 0 amide bonds. The highest BCUT2D eigenvalue weighted by Crippen LogP contribution is 2.21. The van der Waals surface area contributed by atoms with E-state index >= 15 is 0 Å². The van der Waals surface area contributed by atoms with Crippen LogP contribution in [0.2, 0.25) is 0 Å². The molecule has 0 aliphatic carbocycles. The van der Waals surface area contributed by atoms with Crippen LogP contribution in [0.25, 0.3) is 22.5 Å². The van der Waals surface area contributed by atoms with Crippen molar-refractivity contribution in [1.82, 2.24) is 25.1 Å². The van der Waals surface area contributed by atoms with E-state index < -0.39 is 0 Å². The van der Waals surface area contributed by atoms with E-state index in [9.17, 15) is 4.39 Å². The van der Waals surface area contributed by atoms with Crippen LogP contribution in [0.3, 0.4) is 0 Å². The molecule has 3 aromatic heterocycles. The zero-order chi connectivity index (χ0) is 18.8. The number of pyridine rings is 1. The molecular formula is C19H19FN6O. The van der Waals surface area contributed by atoms with E-state index in [0.29, 0.717) is 36.0 Å². The smallest absolute Gasteiger partial charge is 0.258 e. The Balaban J connectivity index is 1.41. The molecule has 1 aromatic carbocycles. The second kappa shape index (κ2) is 7.14. The molecule has 3 heterocycles. The van der Waals surface area contributed by atoms with Gasteiger partial charge in [-0.05, 0) is 30.3 Å². The van der Waals surface area contributed by atoms with Crippen LogP contribution in [0.15, 0.2) is 41.1 Å². The van der Waals surface area contributed by atoms with E-state index in [1.54, 1.807) is 12.3 Å². The van der Waals surface area contributed by atoms with Gasteiger partial charge < -0.3 is 14.8 Å². The van der Waals surface area contributed by atoms with Gasteiger partial charge in [0.05, 0.1) is 11.0 Å². The number of benzene rings is 1. The molecule has 4 rings (SSSR count). The van der Waals surface area contributed by atoms with Gasteiger partial charge in [-0.15, -0.1) is 0 Å². The van der Waals surface area contributed by atoms with Crippen molar-refractivity contribution >= 4 is 16.9 Å². The maximum absolute atomic E-state index is 13.3. The van der Waals surface area contributed by atoms with Crippen LogP contribution in [-0.2, 0) is 6.42 Å². The van der Waals surface area contributed by atoms with Gasteiger partial charge in [0, 0.05) is 30.6 Å². The number of imidazole rings is 1. The lowest BCUT2D eigenvalue weighted by molar-refractivity contribution is 0.419. The van der Waals surface area contributed by atoms with Gasteiger partial charge in [0.2, 0.25) is 0 Å². The summed E-state index contributed by atoms with van der Waals surface area (Å²) in [6.45, 7) is 4.65. The van der Waals surface area contributed by atoms with E-state index in [1.807, 2.05) is 26.0 Å². The second-order valence-electron chi connectivity index (χ2n) is 6.56. The number of rotatable bonds is 6. The predicted octanol–water partition coefficient (Wildman–Crippen LogP) is 3.93. The van der Waals surface area contributed by atoms with Crippen molar-refractivity contribution in [3.8, 4) is 11.5 Å². The van der Waals surface area contributed by atoms with Crippen molar-refractivity contribution in [2.24, 2.45) is 0 Å². The van der Waals surface area contributed by atoms with Gasteiger partial charge in [-0.2, -0.15) is 4.98 Å². The summed E-state index contributed by atoms with van der Waals surface area (Å²) in [5.41, 5.74) is 2.26. The molecule has 27 heavy (non-hydrogen) atoms. The van der Waals surface area contributed by atoms with E-state index in [0.717, 1.165) is 16.9 Å². The first kappa shape index (κ1) is 17.1. The van der Waals surface area contributed by atoms with Gasteiger partial charge >= 0.3 is 0 Å². The van der Waals surface area contributed by atoms with Crippen LogP contribution in [0, 0.1) is 5.82 Å². The first-order chi connectivity index (χ1) is 13.1. The Hall–Kier alpha value is -3.29. The lowest BCUT2D eigenvalue weighted by Crippen LogP contribution is -2.07. The van der Waals surface area contributed by atoms with Crippen molar-refractivity contribution < 1.29 is 8.91 Å². The average molecular weight is 366 g/mol. The predicted molar refractivity (Wildman–Crippen MR) is 99.9 cm³/mol. The molecule has 8 heteroatoms. The first-order valence-corrected chi connectivity index (χ1v) is 8.76. The minimum absolute atomic E-state index is 0.208. The number of halogens is 1. The van der Waals surface area contributed by atoms with E-state index in [1.165, 1.54) is 12.1 Å². The molecule has 0 saturated carbocycles. The van der Waals surface area contributed by atoms with Gasteiger partial charge in [0.15, 0.2) is 5.82 Å². The SMILES string of the molecule is CC(C)c1noc(-c2ccnc(NCCc3nc4ccc(F)cc4[nH]3)c2)n1. The molecule has 4 aromatic rings. The number of hydrogen-bond donors (Lipinski definition) is 2. The van der Waals surface area contributed by atoms with Crippen molar-refractivity contribution in [3.63, 3.8) is 0 Å². The third-order valence-electron chi connectivity index (χ3n) is 4.13. The van der Waals surface area contributed by atoms with Gasteiger partial charge in [-0.1, -0.05) is 19.0 Å². The number of aromatic amines is 1. The fraction of sp³-hybridized carbons (Fsp3) is 0.263. The fourth-order valence-electron chi connectivity index (χ4n) is 2.71. The van der Waals surface area contributed by atoms with Gasteiger partial charge in [-0.3, -0.25) is 0 Å². The highest BCUT2D eigenvalue weighted by molar-refractivity contribution is 5.74. The van der Waals surface area contributed by atoms with E-state index in [2.05, 4.69) is 30.4 Å². The third kappa shape index (κ3) is 3.79. The summed E-state index contributed by atoms with van der Waals surface area (Å²) >= 11 is 0. The fourth-order valence-corrected chi connectivity index (χ4v) is 2.71. The molecule has 0 aliphatic rings. The second-order valence-corrected chi connectivity index (χ2v) is 6.56. The van der Waals surface area contributed by atoms with Crippen LogP contribution in [-0.4, -0.2) is 31.6 Å². The van der Waals surface area contributed by atoms with Crippen molar-refractivity contribution in [2.75, 3.05) is 11.9 Å². The quantitative estimate of drug-likeness (QED) is 0.537. The van der Waals surface area contributed by atoms with E-state index in [4.69, 9.17) is 4.52 Å². The Bertz CT molecular complexity index is 1070. The molecule has 0 unspecified atom stereocenters. The maximum Gasteiger partial charge on any atom is 0.258 e. The zero-order valence-corrected chi connectivity index (χ0v) is 15.0. The lowest BCUT2D eigenvalue weighted by atomic mass is 10.2. The van der Waals surface area contributed by atoms with Crippen molar-refractivity contribution in [2.45, 2.75) is 26.2 Å². The summed E-state index contributed by atoms with van der Waals surface area (Å²) in [5.74, 6) is 2.58. The molecule has 2 N–H and O–H groups in total. The Morgan fingerprint density at radius 2 is 2.07 bits per heavy atom. The third-order valence-corrected chi connectivity index (χ3v) is 4.13. The van der Waals surface area contributed by atoms with Crippen molar-refractivity contribution in [3.05, 3.63) is 54.0 Å². The highest BCUT2D eigenvalue weighted by Gasteiger charge is 2.12. The Morgan fingerprint density at radius 1 is 1.19 bits per heavy atom. The van der Waals surface area contributed by atoms with Crippen LogP contribution < -0.4 is 5.32 Å². The number of H-pyrrole nitrogens is 1. The summed E-state index contributed by atoms with van der Waals surface area (Å²) in [6.07, 6.45) is 2.35. The molecule has 0 radical (unpaired) electrons. The molecule has 0 atom stereocenters. The standard InChI is InChI=1S/C19H19FN6O/c1-11(2)18-25-19(27-26-18)12-5-7-21-17(9-12)22-8-6-16-23-14-4-3-13(20)10-15(14)24-16/h3-5,7,9-11H,6,8H2,1-2H3,(H,21,22)(H,23,24). The van der Waals surface area contributed by atoms with Gasteiger partial charge in [0.1, 0.15) is 17.5 Å². The zero-order valence-electron chi connectivity index (χ0n) is 15.0. The van der Waals surface area contributed by atoms with Crippen LogP contribution in [0.5, 0.6) is 0 Å². The Labute approximate surface area is 155 Å². The Morgan fingerprint density at radius 3 is 2.89 bits per heavy atom. The largest absolute Gasteiger partial charge is 0.370 e. The number of hydrogen-bond acceptors (Lipinski definition) is 6. The minimum Gasteiger partial charge on any atom is -0.370 e. The molecule has 7 nitrogen and oxygen atoms in total. The van der Waals surface area contributed by atoms with Gasteiger partial charge in [0.25, 0.3) is 5.89 Å². The normalized spacial score (nSPS) is 11.4. The summed E-state index contributed by atoms with van der Waals surface area (Å²) in [7, 11) is 0. The summed E-state index contributed by atoms with van der Waals surface area (Å²) < 4.78 is 18.6. The minimum atomic E-state index is -0.279. The van der Waals surface area contributed by atoms with E-state index in [-0.39, 0.29) is 11.7 Å². The molecule has 138 valence electrons.